The van der Waals surface area contributed by atoms with E-state index in [1.807, 2.05) is 0 Å². The van der Waals surface area contributed by atoms with Crippen LogP contribution in [0.2, 0.25) is 0 Å². The molecule has 0 unspecified atom stereocenters. The minimum Gasteiger partial charge on any atom is -0.508 e. The average molecular weight is 294 g/mol. The molecule has 0 aliphatic carbocycles. The minimum atomic E-state index is -3.95. The molecular weight excluding hydrogens is 284 g/mol. The molecule has 0 aromatic heterocycles. The maximum absolute atomic E-state index is 12.1. The van der Waals surface area contributed by atoms with Crippen LogP contribution < -0.4 is 4.72 Å². The van der Waals surface area contributed by atoms with Gasteiger partial charge in [-0.25, -0.2) is 8.42 Å². The van der Waals surface area contributed by atoms with Gasteiger partial charge in [-0.15, -0.1) is 0 Å². The van der Waals surface area contributed by atoms with Crippen LogP contribution in [0.25, 0.3) is 0 Å². The molecular formula is C12H10N2O5S. The normalized spacial score (nSPS) is 11.0. The lowest BCUT2D eigenvalue weighted by Gasteiger charge is -2.08. The molecule has 0 saturated carbocycles. The molecule has 20 heavy (non-hydrogen) atoms. The van der Waals surface area contributed by atoms with Crippen molar-refractivity contribution < 1.29 is 18.4 Å². The van der Waals surface area contributed by atoms with Gasteiger partial charge in [0, 0.05) is 18.2 Å². The van der Waals surface area contributed by atoms with Gasteiger partial charge in [0.2, 0.25) is 0 Å². The summed E-state index contributed by atoms with van der Waals surface area (Å²) in [5.74, 6) is -0.0933. The second-order valence-electron chi connectivity index (χ2n) is 3.91. The van der Waals surface area contributed by atoms with Crippen LogP contribution in [-0.4, -0.2) is 18.4 Å². The molecule has 0 atom stereocenters. The van der Waals surface area contributed by atoms with Crippen LogP contribution in [-0.2, 0) is 10.0 Å². The average Bonchev–Trinajstić information content (AvgIpc) is 2.38. The Morgan fingerprint density at radius 2 is 1.80 bits per heavy atom. The van der Waals surface area contributed by atoms with Crippen molar-refractivity contribution in [3.63, 3.8) is 0 Å². The number of hydrogen-bond acceptors (Lipinski definition) is 5. The van der Waals surface area contributed by atoms with Crippen LogP contribution in [0, 0.1) is 10.1 Å². The summed E-state index contributed by atoms with van der Waals surface area (Å²) < 4.78 is 26.4. The third kappa shape index (κ3) is 3.04. The maximum atomic E-state index is 12.1. The molecule has 2 aromatic rings. The molecule has 0 bridgehead atoms. The van der Waals surface area contributed by atoms with Gasteiger partial charge in [-0.1, -0.05) is 12.1 Å². The first kappa shape index (κ1) is 13.8. The third-order valence-corrected chi connectivity index (χ3v) is 3.82. The van der Waals surface area contributed by atoms with Crippen LogP contribution in [0.5, 0.6) is 5.75 Å². The molecule has 0 radical (unpaired) electrons. The topological polar surface area (TPSA) is 110 Å². The number of sulfonamides is 1. The van der Waals surface area contributed by atoms with E-state index in [4.69, 9.17) is 0 Å². The number of phenolic OH excluding ortho intramolecular Hbond substituents is 1. The number of non-ortho nitro benzene ring substituents is 1. The van der Waals surface area contributed by atoms with Crippen molar-refractivity contribution in [1.82, 2.24) is 0 Å². The lowest BCUT2D eigenvalue weighted by Crippen LogP contribution is -2.13. The van der Waals surface area contributed by atoms with Gasteiger partial charge >= 0.3 is 0 Å². The molecule has 0 amide bonds. The van der Waals surface area contributed by atoms with Gasteiger partial charge < -0.3 is 5.11 Å². The van der Waals surface area contributed by atoms with E-state index in [9.17, 15) is 23.6 Å². The summed E-state index contributed by atoms with van der Waals surface area (Å²) in [4.78, 5) is 9.74. The van der Waals surface area contributed by atoms with Gasteiger partial charge in [0.25, 0.3) is 15.7 Å². The zero-order valence-corrected chi connectivity index (χ0v) is 10.9. The lowest BCUT2D eigenvalue weighted by molar-refractivity contribution is -0.385. The lowest BCUT2D eigenvalue weighted by atomic mass is 10.3. The molecule has 0 heterocycles. The molecule has 7 nitrogen and oxygen atoms in total. The van der Waals surface area contributed by atoms with Gasteiger partial charge in [-0.2, -0.15) is 0 Å². The Labute approximate surface area is 114 Å². The van der Waals surface area contributed by atoms with Crippen molar-refractivity contribution in [3.8, 4) is 5.75 Å². The highest BCUT2D eigenvalue weighted by atomic mass is 32.2. The first-order chi connectivity index (χ1) is 9.38. The van der Waals surface area contributed by atoms with Gasteiger partial charge in [0.05, 0.1) is 15.5 Å². The molecule has 0 fully saturated rings. The van der Waals surface area contributed by atoms with Crippen molar-refractivity contribution >= 4 is 21.4 Å². The largest absolute Gasteiger partial charge is 0.508 e. The summed E-state index contributed by atoms with van der Waals surface area (Å²) in [7, 11) is -3.95. The number of nitro benzene ring substituents is 1. The number of nitrogens with zero attached hydrogens (tertiary/aromatic N) is 1. The first-order valence-electron chi connectivity index (χ1n) is 5.45. The molecule has 2 N–H and O–H groups in total. The van der Waals surface area contributed by atoms with Crippen molar-refractivity contribution in [2.45, 2.75) is 4.90 Å². The number of hydrogen-bond donors (Lipinski definition) is 2. The van der Waals surface area contributed by atoms with E-state index in [2.05, 4.69) is 4.72 Å². The quantitative estimate of drug-likeness (QED) is 0.663. The second-order valence-corrected chi connectivity index (χ2v) is 5.59. The van der Waals surface area contributed by atoms with Gasteiger partial charge in [-0.3, -0.25) is 14.8 Å². The van der Waals surface area contributed by atoms with E-state index in [0.29, 0.717) is 0 Å². The predicted molar refractivity (Wildman–Crippen MR) is 72.0 cm³/mol. The summed E-state index contributed by atoms with van der Waals surface area (Å²) in [6, 6.07) is 10.3. The molecule has 2 aromatic carbocycles. The molecule has 0 saturated heterocycles. The van der Waals surface area contributed by atoms with Crippen LogP contribution >= 0.6 is 0 Å². The molecule has 8 heteroatoms. The van der Waals surface area contributed by atoms with Crippen LogP contribution in [0.1, 0.15) is 0 Å². The molecule has 104 valence electrons. The number of aromatic hydroxyl groups is 1. The SMILES string of the molecule is O=[N+]([O-])c1cccc(S(=O)(=O)Nc2cccc(O)c2)c1. The highest BCUT2D eigenvalue weighted by Crippen LogP contribution is 2.22. The highest BCUT2D eigenvalue weighted by molar-refractivity contribution is 7.92. The van der Waals surface area contributed by atoms with Crippen LogP contribution in [0.15, 0.2) is 53.4 Å². The van der Waals surface area contributed by atoms with E-state index < -0.39 is 14.9 Å². The van der Waals surface area contributed by atoms with Crippen LogP contribution in [0.4, 0.5) is 11.4 Å². The van der Waals surface area contributed by atoms with Crippen molar-refractivity contribution in [3.05, 3.63) is 58.6 Å². The van der Waals surface area contributed by atoms with Crippen molar-refractivity contribution in [1.29, 1.82) is 0 Å². The number of nitro groups is 1. The Morgan fingerprint density at radius 1 is 1.10 bits per heavy atom. The molecule has 0 spiro atoms. The minimum absolute atomic E-state index is 0.0933. The Morgan fingerprint density at radius 3 is 2.45 bits per heavy atom. The number of anilines is 1. The Balaban J connectivity index is 2.35. The number of phenols is 1. The smallest absolute Gasteiger partial charge is 0.270 e. The van der Waals surface area contributed by atoms with Crippen molar-refractivity contribution in [2.75, 3.05) is 4.72 Å². The van der Waals surface area contributed by atoms with Gasteiger partial charge in [-0.05, 0) is 18.2 Å². The summed E-state index contributed by atoms with van der Waals surface area (Å²) in [5, 5.41) is 19.9. The Hall–Kier alpha value is -2.61. The predicted octanol–water partition coefficient (Wildman–Crippen LogP) is 2.10. The highest BCUT2D eigenvalue weighted by Gasteiger charge is 2.17. The second kappa shape index (κ2) is 5.17. The monoisotopic (exact) mass is 294 g/mol. The molecule has 0 aliphatic rings. The summed E-state index contributed by atoms with van der Waals surface area (Å²) in [6.07, 6.45) is 0. The summed E-state index contributed by atoms with van der Waals surface area (Å²) in [5.41, 5.74) is -0.153. The van der Waals surface area contributed by atoms with E-state index in [1.54, 1.807) is 0 Å². The van der Waals surface area contributed by atoms with Crippen LogP contribution in [0.3, 0.4) is 0 Å². The molecule has 0 aliphatic heterocycles. The summed E-state index contributed by atoms with van der Waals surface area (Å²) in [6.45, 7) is 0. The fourth-order valence-electron chi connectivity index (χ4n) is 1.55. The number of nitrogens with one attached hydrogen (secondary N) is 1. The zero-order chi connectivity index (χ0) is 14.8. The zero-order valence-electron chi connectivity index (χ0n) is 10.1. The third-order valence-electron chi connectivity index (χ3n) is 2.44. The first-order valence-corrected chi connectivity index (χ1v) is 6.93. The van der Waals surface area contributed by atoms with E-state index in [0.717, 1.165) is 6.07 Å². The molecule has 2 rings (SSSR count). The number of rotatable bonds is 4. The van der Waals surface area contributed by atoms with Gasteiger partial charge in [0.1, 0.15) is 5.75 Å². The summed E-state index contributed by atoms with van der Waals surface area (Å²) >= 11 is 0. The van der Waals surface area contributed by atoms with Gasteiger partial charge in [0.15, 0.2) is 0 Å². The standard InChI is InChI=1S/C12H10N2O5S/c15-11-5-1-3-9(7-11)13-20(18,19)12-6-2-4-10(8-12)14(16)17/h1-8,13,15H. The van der Waals surface area contributed by atoms with Crippen molar-refractivity contribution in [2.24, 2.45) is 0 Å². The van der Waals surface area contributed by atoms with E-state index >= 15 is 0 Å². The maximum Gasteiger partial charge on any atom is 0.270 e. The van der Waals surface area contributed by atoms with E-state index in [1.165, 1.54) is 42.5 Å². The van der Waals surface area contributed by atoms with E-state index in [-0.39, 0.29) is 22.0 Å². The number of benzene rings is 2. The Kier molecular flexibility index (Phi) is 3.57. The fourth-order valence-corrected chi connectivity index (χ4v) is 2.64. The Bertz CT molecular complexity index is 758. The fraction of sp³-hybridized carbons (Fsp3) is 0.